The molecule has 0 aliphatic heterocycles. The van der Waals surface area contributed by atoms with Gasteiger partial charge in [0.25, 0.3) is 5.91 Å². The fourth-order valence-corrected chi connectivity index (χ4v) is 2.56. The number of carbonyl (C=O) groups excluding carboxylic acids is 1. The maximum Gasteiger partial charge on any atom is 0.311 e. The van der Waals surface area contributed by atoms with Gasteiger partial charge < -0.3 is 15.0 Å². The second-order valence-electron chi connectivity index (χ2n) is 4.98. The van der Waals surface area contributed by atoms with Gasteiger partial charge in [-0.05, 0) is 25.0 Å². The molecule has 1 aromatic rings. The third kappa shape index (κ3) is 2.25. The Hall–Kier alpha value is -1.78. The Balaban J connectivity index is 2.01. The number of rotatable bonds is 4. The van der Waals surface area contributed by atoms with Gasteiger partial charge in [-0.2, -0.15) is 0 Å². The van der Waals surface area contributed by atoms with Gasteiger partial charge in [-0.1, -0.05) is 12.8 Å². The Morgan fingerprint density at radius 2 is 2.11 bits per heavy atom. The van der Waals surface area contributed by atoms with Crippen molar-refractivity contribution in [1.29, 1.82) is 0 Å². The van der Waals surface area contributed by atoms with E-state index in [0.29, 0.717) is 18.5 Å². The molecule has 0 radical (unpaired) electrons. The zero-order chi connectivity index (χ0) is 13.2. The highest BCUT2D eigenvalue weighted by Gasteiger charge is 2.41. The summed E-state index contributed by atoms with van der Waals surface area (Å²) in [5, 5.41) is 12.1. The van der Waals surface area contributed by atoms with Crippen molar-refractivity contribution in [3.63, 3.8) is 0 Å². The largest absolute Gasteiger partial charge is 0.481 e. The van der Waals surface area contributed by atoms with Gasteiger partial charge in [-0.3, -0.25) is 9.59 Å². The first-order valence-electron chi connectivity index (χ1n) is 6.18. The highest BCUT2D eigenvalue weighted by Crippen LogP contribution is 2.37. The van der Waals surface area contributed by atoms with Crippen LogP contribution in [-0.4, -0.2) is 28.1 Å². The number of nitrogens with one attached hydrogen (secondary N) is 1. The first-order chi connectivity index (χ1) is 8.55. The molecule has 18 heavy (non-hydrogen) atoms. The molecule has 0 unspecified atom stereocenters. The van der Waals surface area contributed by atoms with E-state index in [2.05, 4.69) is 5.32 Å². The Kier molecular flexibility index (Phi) is 3.41. The van der Waals surface area contributed by atoms with Gasteiger partial charge in [0, 0.05) is 19.8 Å². The number of amides is 1. The molecule has 1 amide bonds. The maximum absolute atomic E-state index is 11.9. The second-order valence-corrected chi connectivity index (χ2v) is 4.98. The van der Waals surface area contributed by atoms with Gasteiger partial charge in [0.2, 0.25) is 0 Å². The second kappa shape index (κ2) is 4.84. The lowest BCUT2D eigenvalue weighted by molar-refractivity contribution is -0.148. The molecule has 2 N–H and O–H groups in total. The van der Waals surface area contributed by atoms with Crippen molar-refractivity contribution in [2.24, 2.45) is 12.5 Å². The summed E-state index contributed by atoms with van der Waals surface area (Å²) in [5.74, 6) is -1.01. The molecule has 0 spiro atoms. The summed E-state index contributed by atoms with van der Waals surface area (Å²) < 4.78 is 1.72. The number of hydrogen-bond acceptors (Lipinski definition) is 2. The van der Waals surface area contributed by atoms with E-state index in [-0.39, 0.29) is 12.5 Å². The molecule has 1 heterocycles. The van der Waals surface area contributed by atoms with Crippen molar-refractivity contribution in [2.75, 3.05) is 6.54 Å². The molecule has 2 rings (SSSR count). The van der Waals surface area contributed by atoms with E-state index < -0.39 is 11.4 Å². The topological polar surface area (TPSA) is 71.3 Å². The van der Waals surface area contributed by atoms with Gasteiger partial charge >= 0.3 is 5.97 Å². The Morgan fingerprint density at radius 3 is 2.61 bits per heavy atom. The highest BCUT2D eigenvalue weighted by molar-refractivity contribution is 5.93. The lowest BCUT2D eigenvalue weighted by Crippen LogP contribution is -2.41. The van der Waals surface area contributed by atoms with E-state index in [1.165, 1.54) is 0 Å². The molecule has 5 nitrogen and oxygen atoms in total. The van der Waals surface area contributed by atoms with Gasteiger partial charge in [0.05, 0.1) is 5.41 Å². The summed E-state index contributed by atoms with van der Waals surface area (Å²) in [6.45, 7) is 0.215. The molecule has 1 aliphatic rings. The van der Waals surface area contributed by atoms with Crippen LogP contribution in [0.25, 0.3) is 0 Å². The van der Waals surface area contributed by atoms with Crippen molar-refractivity contribution in [3.8, 4) is 0 Å². The van der Waals surface area contributed by atoms with E-state index in [9.17, 15) is 14.7 Å². The normalized spacial score (nSPS) is 17.6. The molecular weight excluding hydrogens is 232 g/mol. The first-order valence-corrected chi connectivity index (χ1v) is 6.18. The molecule has 1 aliphatic carbocycles. The minimum atomic E-state index is -0.799. The number of carboxylic acids is 1. The Labute approximate surface area is 106 Å². The van der Waals surface area contributed by atoms with Crippen LogP contribution in [0, 0.1) is 5.41 Å². The lowest BCUT2D eigenvalue weighted by atomic mass is 9.86. The number of carboxylic acid groups (broad SMARTS) is 1. The number of aromatic nitrogens is 1. The van der Waals surface area contributed by atoms with Crippen LogP contribution in [0.5, 0.6) is 0 Å². The van der Waals surface area contributed by atoms with Crippen LogP contribution in [0.2, 0.25) is 0 Å². The standard InChI is InChI=1S/C13H18N2O3/c1-15-8-4-5-10(15)11(16)14-9-13(12(17)18)6-2-3-7-13/h4-5,8H,2-3,6-7,9H2,1H3,(H,14,16)(H,17,18). The van der Waals surface area contributed by atoms with E-state index in [1.54, 1.807) is 29.9 Å². The van der Waals surface area contributed by atoms with Gasteiger partial charge in [0.15, 0.2) is 0 Å². The van der Waals surface area contributed by atoms with E-state index in [0.717, 1.165) is 12.8 Å². The highest BCUT2D eigenvalue weighted by atomic mass is 16.4. The molecule has 0 aromatic carbocycles. The summed E-state index contributed by atoms with van der Waals surface area (Å²) >= 11 is 0. The van der Waals surface area contributed by atoms with E-state index >= 15 is 0 Å². The van der Waals surface area contributed by atoms with Gasteiger partial charge in [-0.25, -0.2) is 0 Å². The van der Waals surface area contributed by atoms with Crippen LogP contribution in [-0.2, 0) is 11.8 Å². The molecular formula is C13H18N2O3. The number of aryl methyl sites for hydroxylation is 1. The fraction of sp³-hybridized carbons (Fsp3) is 0.538. The van der Waals surface area contributed by atoms with E-state index in [4.69, 9.17) is 0 Å². The minimum absolute atomic E-state index is 0.213. The number of aliphatic carboxylic acids is 1. The Bertz CT molecular complexity index is 459. The number of nitrogens with zero attached hydrogens (tertiary/aromatic N) is 1. The summed E-state index contributed by atoms with van der Waals surface area (Å²) in [7, 11) is 1.79. The van der Waals surface area contributed by atoms with Gasteiger partial charge in [0.1, 0.15) is 5.69 Å². The molecule has 0 saturated heterocycles. The van der Waals surface area contributed by atoms with Crippen LogP contribution in [0.1, 0.15) is 36.2 Å². The minimum Gasteiger partial charge on any atom is -0.481 e. The van der Waals surface area contributed by atoms with Crippen molar-refractivity contribution < 1.29 is 14.7 Å². The molecule has 0 bridgehead atoms. The number of carbonyl (C=O) groups is 2. The summed E-state index contributed by atoms with van der Waals surface area (Å²) in [6, 6.07) is 3.51. The molecule has 0 atom stereocenters. The third-order valence-corrected chi connectivity index (χ3v) is 3.78. The average molecular weight is 250 g/mol. The predicted molar refractivity (Wildman–Crippen MR) is 66.3 cm³/mol. The monoisotopic (exact) mass is 250 g/mol. The SMILES string of the molecule is Cn1cccc1C(=O)NCC1(C(=O)O)CCCC1. The molecule has 1 saturated carbocycles. The summed E-state index contributed by atoms with van der Waals surface area (Å²) in [6.07, 6.45) is 4.93. The van der Waals surface area contributed by atoms with Gasteiger partial charge in [-0.15, -0.1) is 0 Å². The molecule has 98 valence electrons. The van der Waals surface area contributed by atoms with Crippen LogP contribution < -0.4 is 5.32 Å². The smallest absolute Gasteiger partial charge is 0.311 e. The summed E-state index contributed by atoms with van der Waals surface area (Å²) in [4.78, 5) is 23.3. The first kappa shape index (κ1) is 12.7. The van der Waals surface area contributed by atoms with Crippen LogP contribution in [0.15, 0.2) is 18.3 Å². The Morgan fingerprint density at radius 1 is 1.44 bits per heavy atom. The number of hydrogen-bond donors (Lipinski definition) is 2. The zero-order valence-corrected chi connectivity index (χ0v) is 10.5. The van der Waals surface area contributed by atoms with Crippen LogP contribution >= 0.6 is 0 Å². The third-order valence-electron chi connectivity index (χ3n) is 3.78. The van der Waals surface area contributed by atoms with Crippen LogP contribution in [0.4, 0.5) is 0 Å². The van der Waals surface area contributed by atoms with E-state index in [1.807, 2.05) is 0 Å². The fourth-order valence-electron chi connectivity index (χ4n) is 2.56. The quantitative estimate of drug-likeness (QED) is 0.848. The van der Waals surface area contributed by atoms with Crippen molar-refractivity contribution in [2.45, 2.75) is 25.7 Å². The molecule has 5 heteroatoms. The molecule has 1 fully saturated rings. The zero-order valence-electron chi connectivity index (χ0n) is 10.5. The van der Waals surface area contributed by atoms with Crippen LogP contribution in [0.3, 0.4) is 0 Å². The maximum atomic E-state index is 11.9. The molecule has 1 aromatic heterocycles. The average Bonchev–Trinajstić information content (AvgIpc) is 2.95. The van der Waals surface area contributed by atoms with Crippen molar-refractivity contribution in [3.05, 3.63) is 24.0 Å². The lowest BCUT2D eigenvalue weighted by Gasteiger charge is -2.23. The van der Waals surface area contributed by atoms with Crippen molar-refractivity contribution >= 4 is 11.9 Å². The predicted octanol–water partition coefficient (Wildman–Crippen LogP) is 1.40. The van der Waals surface area contributed by atoms with Crippen molar-refractivity contribution in [1.82, 2.24) is 9.88 Å². The summed E-state index contributed by atoms with van der Waals surface area (Å²) in [5.41, 5.74) is -0.214.